The molecule has 0 aromatic heterocycles. The Kier molecular flexibility index (Phi) is 457. The first-order valence-electron chi connectivity index (χ1n) is 3.98. The minimum Gasteiger partial charge on any atom is -0.251 e. The van der Waals surface area contributed by atoms with Crippen LogP contribution in [0.15, 0.2) is 0 Å². The van der Waals surface area contributed by atoms with Gasteiger partial charge >= 0.3 is 0 Å². The van der Waals surface area contributed by atoms with Gasteiger partial charge in [-0.15, -0.1) is 0 Å². The lowest BCUT2D eigenvalue weighted by Crippen LogP contribution is -1.76. The Morgan fingerprint density at radius 1 is 0.500 bits per heavy atom. The van der Waals surface area contributed by atoms with Crippen molar-refractivity contribution in [3.8, 4) is 0 Å². The largest absolute Gasteiger partial charge is 0.251 e. The molecule has 0 aromatic carbocycles. The van der Waals surface area contributed by atoms with Crippen molar-refractivity contribution in [1.82, 2.24) is 0 Å². The van der Waals surface area contributed by atoms with Crippen LogP contribution < -0.4 is 0 Å². The van der Waals surface area contributed by atoms with Crippen molar-refractivity contribution in [3.05, 3.63) is 0 Å². The second-order valence-corrected chi connectivity index (χ2v) is 1.62. The number of alkyl halides is 4. The summed E-state index contributed by atoms with van der Waals surface area (Å²) in [5.41, 5.74) is 0. The third-order valence-electron chi connectivity index (χ3n) is 0.517. The number of rotatable bonds is 3. The summed E-state index contributed by atoms with van der Waals surface area (Å²) >= 11 is 0. The predicted molar refractivity (Wildman–Crippen MR) is 84.9 cm³/mol. The standard InChI is InChI=1S/C4H8F2.2C2H5F.6CH4/c5-3-1-2-4-6;2*1-2-3;;;;;;/h1-4H2;2*2H2,1H3;6*1H4. The molecule has 0 radical (unpaired) electrons. The zero-order valence-corrected chi connectivity index (χ0v) is 7.75. The summed E-state index contributed by atoms with van der Waals surface area (Å²) in [6.07, 6.45) is 0.743. The van der Waals surface area contributed by atoms with Crippen molar-refractivity contribution in [2.75, 3.05) is 26.7 Å². The van der Waals surface area contributed by atoms with Crippen LogP contribution in [0.3, 0.4) is 0 Å². The van der Waals surface area contributed by atoms with Gasteiger partial charge in [-0.2, -0.15) is 0 Å². The topological polar surface area (TPSA) is 0 Å². The lowest BCUT2D eigenvalue weighted by molar-refractivity contribution is 0.409. The van der Waals surface area contributed by atoms with Gasteiger partial charge in [-0.05, 0) is 26.7 Å². The second-order valence-electron chi connectivity index (χ2n) is 1.62. The maximum absolute atomic E-state index is 11.0. The van der Waals surface area contributed by atoms with Crippen molar-refractivity contribution in [3.63, 3.8) is 0 Å². The number of hydrogen-bond acceptors (Lipinski definition) is 0. The van der Waals surface area contributed by atoms with Crippen molar-refractivity contribution in [2.45, 2.75) is 71.2 Å². The molecular formula is C14H42F4. The molecule has 0 aliphatic heterocycles. The Morgan fingerprint density at radius 2 is 0.611 bits per heavy atom. The molecule has 0 fully saturated rings. The van der Waals surface area contributed by atoms with E-state index in [1.807, 2.05) is 0 Å². The van der Waals surface area contributed by atoms with Gasteiger partial charge in [0.05, 0.1) is 26.7 Å². The highest BCUT2D eigenvalue weighted by atomic mass is 19.1. The smallest absolute Gasteiger partial charge is 0.0895 e. The normalized spacial score (nSPS) is 5.00. The molecule has 0 aliphatic carbocycles. The molecule has 0 aromatic rings. The van der Waals surface area contributed by atoms with Gasteiger partial charge in [0.2, 0.25) is 0 Å². The van der Waals surface area contributed by atoms with E-state index < -0.39 is 0 Å². The Balaban J connectivity index is -0.00000000879. The molecule has 0 aliphatic rings. The fourth-order valence-corrected chi connectivity index (χ4v) is 0.189. The van der Waals surface area contributed by atoms with E-state index in [1.165, 1.54) is 13.8 Å². The van der Waals surface area contributed by atoms with Gasteiger partial charge in [0.1, 0.15) is 0 Å². The first-order valence-corrected chi connectivity index (χ1v) is 3.98. The van der Waals surface area contributed by atoms with E-state index in [4.69, 9.17) is 0 Å². The van der Waals surface area contributed by atoms with E-state index in [0.717, 1.165) is 0 Å². The molecule has 0 saturated carbocycles. The molecule has 0 rings (SSSR count). The highest BCUT2D eigenvalue weighted by molar-refractivity contribution is 4.31. The minimum absolute atomic E-state index is 0. The van der Waals surface area contributed by atoms with E-state index in [-0.39, 0.29) is 71.3 Å². The predicted octanol–water partition coefficient (Wildman–Crippen LogP) is 7.47. The summed E-state index contributed by atoms with van der Waals surface area (Å²) < 4.78 is 42.6. The quantitative estimate of drug-likeness (QED) is 0.373. The van der Waals surface area contributed by atoms with Gasteiger partial charge < -0.3 is 0 Å². The zero-order valence-electron chi connectivity index (χ0n) is 7.75. The van der Waals surface area contributed by atoms with E-state index in [2.05, 4.69) is 0 Å². The molecule has 126 valence electrons. The van der Waals surface area contributed by atoms with E-state index in [1.54, 1.807) is 0 Å². The summed E-state index contributed by atoms with van der Waals surface area (Å²) in [7, 11) is 0. The molecule has 0 N–H and O–H groups in total. The fourth-order valence-electron chi connectivity index (χ4n) is 0.189. The van der Waals surface area contributed by atoms with Gasteiger partial charge in [0.15, 0.2) is 0 Å². The third-order valence-corrected chi connectivity index (χ3v) is 0.517. The van der Waals surface area contributed by atoms with E-state index in [9.17, 15) is 17.6 Å². The van der Waals surface area contributed by atoms with Crippen LogP contribution in [-0.4, -0.2) is 26.7 Å². The molecule has 0 amide bonds. The SMILES string of the molecule is C.C.C.C.C.C.CCF.CCF.FCCCCF. The lowest BCUT2D eigenvalue weighted by Gasteiger charge is -1.81. The second kappa shape index (κ2) is 126. The summed E-state index contributed by atoms with van der Waals surface area (Å²) in [5, 5.41) is 0. The van der Waals surface area contributed by atoms with Crippen LogP contribution in [0, 0.1) is 0 Å². The maximum Gasteiger partial charge on any atom is 0.0895 e. The molecule has 0 saturated heterocycles. The first-order chi connectivity index (χ1) is 5.74. The number of halogens is 4. The molecule has 18 heavy (non-hydrogen) atoms. The molecule has 0 spiro atoms. The average molecular weight is 286 g/mol. The van der Waals surface area contributed by atoms with Crippen LogP contribution in [0.25, 0.3) is 0 Å². The Labute approximate surface area is 116 Å². The molecule has 0 atom stereocenters. The van der Waals surface area contributed by atoms with Crippen molar-refractivity contribution in [2.24, 2.45) is 0 Å². The van der Waals surface area contributed by atoms with Crippen molar-refractivity contribution >= 4 is 0 Å². The average Bonchev–Trinajstić information content (AvgIpc) is 2.04. The Hall–Kier alpha value is -0.280. The van der Waals surface area contributed by atoms with Crippen LogP contribution >= 0.6 is 0 Å². The molecule has 0 bridgehead atoms. The third kappa shape index (κ3) is 460. The lowest BCUT2D eigenvalue weighted by atomic mass is 10.4. The van der Waals surface area contributed by atoms with Gasteiger partial charge in [-0.1, -0.05) is 44.6 Å². The molecule has 0 heterocycles. The highest BCUT2D eigenvalue weighted by Gasteiger charge is 1.80. The molecule has 4 heteroatoms. The molecule has 0 unspecified atom stereocenters. The number of hydrogen-bond donors (Lipinski definition) is 0. The number of unbranched alkanes of at least 4 members (excludes halogenated alkanes) is 1. The van der Waals surface area contributed by atoms with Crippen LogP contribution in [-0.2, 0) is 0 Å². The zero-order chi connectivity index (χ0) is 10.2. The van der Waals surface area contributed by atoms with Crippen LogP contribution in [0.4, 0.5) is 17.6 Å². The van der Waals surface area contributed by atoms with E-state index >= 15 is 0 Å². The van der Waals surface area contributed by atoms with Crippen molar-refractivity contribution < 1.29 is 17.6 Å². The van der Waals surface area contributed by atoms with Gasteiger partial charge in [-0.3, -0.25) is 17.6 Å². The molecule has 0 nitrogen and oxygen atoms in total. The maximum atomic E-state index is 11.0. The van der Waals surface area contributed by atoms with Crippen molar-refractivity contribution in [1.29, 1.82) is 0 Å². The van der Waals surface area contributed by atoms with Crippen LogP contribution in [0.1, 0.15) is 71.2 Å². The highest BCUT2D eigenvalue weighted by Crippen LogP contribution is 1.87. The monoisotopic (exact) mass is 286 g/mol. The van der Waals surface area contributed by atoms with Gasteiger partial charge in [0, 0.05) is 0 Å². The summed E-state index contributed by atoms with van der Waals surface area (Å²) in [6, 6.07) is 0. The van der Waals surface area contributed by atoms with Gasteiger partial charge in [-0.25, -0.2) is 0 Å². The molecular weight excluding hydrogens is 244 g/mol. The minimum atomic E-state index is -0.385. The van der Waals surface area contributed by atoms with Crippen LogP contribution in [0.5, 0.6) is 0 Å². The van der Waals surface area contributed by atoms with Crippen LogP contribution in [0.2, 0.25) is 0 Å². The van der Waals surface area contributed by atoms with Gasteiger partial charge in [0.25, 0.3) is 0 Å². The first kappa shape index (κ1) is 65.1. The fraction of sp³-hybridized carbons (Fsp3) is 1.00. The Bertz CT molecular complexity index is 38.8. The summed E-state index contributed by atoms with van der Waals surface area (Å²) in [5.74, 6) is 0. The summed E-state index contributed by atoms with van der Waals surface area (Å²) in [6.45, 7) is 1.65. The van der Waals surface area contributed by atoms with E-state index in [0.29, 0.717) is 12.8 Å². The summed E-state index contributed by atoms with van der Waals surface area (Å²) in [4.78, 5) is 0. The Morgan fingerprint density at radius 3 is 0.667 bits per heavy atom.